The van der Waals surface area contributed by atoms with E-state index in [2.05, 4.69) is 0 Å². The van der Waals surface area contributed by atoms with E-state index in [1.54, 1.807) is 6.92 Å². The number of carboxylic acids is 1. The summed E-state index contributed by atoms with van der Waals surface area (Å²) in [6, 6.07) is -0.217. The first-order valence-electron chi connectivity index (χ1n) is 4.89. The fourth-order valence-electron chi connectivity index (χ4n) is 2.46. The summed E-state index contributed by atoms with van der Waals surface area (Å²) in [4.78, 5) is 23.5. The smallest absolute Gasteiger partial charge is 0.543 e. The summed E-state index contributed by atoms with van der Waals surface area (Å²) in [7, 11) is 0. The van der Waals surface area contributed by atoms with Gasteiger partial charge >= 0.3 is 29.6 Å². The van der Waals surface area contributed by atoms with Gasteiger partial charge in [0.15, 0.2) is 0 Å². The number of hydrogen-bond acceptors (Lipinski definition) is 4. The summed E-state index contributed by atoms with van der Waals surface area (Å²) in [5.74, 6) is -2.18. The molecule has 0 spiro atoms. The molecule has 0 radical (unpaired) electrons. The van der Waals surface area contributed by atoms with Crippen molar-refractivity contribution < 1.29 is 49.4 Å². The van der Waals surface area contributed by atoms with Gasteiger partial charge in [0, 0.05) is 0 Å². The quantitative estimate of drug-likeness (QED) is 0.385. The monoisotopic (exact) mass is 233 g/mol. The number of carboxylic acid groups (broad SMARTS) is 1. The Hall–Kier alpha value is -0.360. The second-order valence-electron chi connectivity index (χ2n) is 4.16. The molecule has 2 rings (SSSR count). The van der Waals surface area contributed by atoms with Gasteiger partial charge < -0.3 is 19.9 Å². The average molecular weight is 233 g/mol. The molecule has 1 amide bonds. The van der Waals surface area contributed by atoms with Crippen LogP contribution in [0.25, 0.3) is 0 Å². The zero-order chi connectivity index (χ0) is 11.3. The van der Waals surface area contributed by atoms with Gasteiger partial charge in [-0.3, -0.25) is 4.79 Å². The first kappa shape index (κ1) is 13.7. The summed E-state index contributed by atoms with van der Waals surface area (Å²) >= 11 is 0. The van der Waals surface area contributed by atoms with Crippen LogP contribution in [0.15, 0.2) is 11.8 Å². The Kier molecular flexibility index (Phi) is 3.84. The minimum Gasteiger partial charge on any atom is -0.543 e. The molecule has 2 aliphatic rings. The van der Waals surface area contributed by atoms with Crippen LogP contribution in [-0.2, 0) is 9.59 Å². The maximum absolute atomic E-state index is 11.6. The van der Waals surface area contributed by atoms with Gasteiger partial charge in [-0.1, -0.05) is 13.0 Å². The molecule has 0 bridgehead atoms. The normalized spacial score (nSPS) is 33.4. The van der Waals surface area contributed by atoms with Crippen LogP contribution in [0.2, 0.25) is 0 Å². The van der Waals surface area contributed by atoms with E-state index in [0.717, 1.165) is 0 Å². The second kappa shape index (κ2) is 4.49. The van der Waals surface area contributed by atoms with Crippen molar-refractivity contribution in [3.63, 3.8) is 0 Å². The van der Waals surface area contributed by atoms with Gasteiger partial charge in [0.25, 0.3) is 0 Å². The molecule has 1 N–H and O–H groups in total. The Bertz CT molecular complexity index is 366. The number of hydrogen-bond donors (Lipinski definition) is 1. The number of aliphatic hydroxyl groups excluding tert-OH is 1. The van der Waals surface area contributed by atoms with Gasteiger partial charge in [0.2, 0.25) is 5.91 Å². The van der Waals surface area contributed by atoms with Crippen molar-refractivity contribution in [3.8, 4) is 0 Å². The molecule has 0 aromatic heterocycles. The molecule has 1 fully saturated rings. The molecule has 1 saturated heterocycles. The summed E-state index contributed by atoms with van der Waals surface area (Å²) in [5, 5.41) is 20.1. The third kappa shape index (κ3) is 1.72. The molecule has 2 heterocycles. The topological polar surface area (TPSA) is 80.7 Å². The fraction of sp³-hybridized carbons (Fsp3) is 0.600. The van der Waals surface area contributed by atoms with E-state index in [1.807, 2.05) is 6.92 Å². The summed E-state index contributed by atoms with van der Waals surface area (Å²) in [5.41, 5.74) is -0.0607. The Balaban J connectivity index is 0.00000128. The third-order valence-corrected chi connectivity index (χ3v) is 3.14. The number of carbonyl (C=O) groups is 2. The third-order valence-electron chi connectivity index (χ3n) is 3.14. The molecule has 0 aromatic rings. The van der Waals surface area contributed by atoms with Gasteiger partial charge in [-0.05, 0) is 12.8 Å². The molecule has 82 valence electrons. The number of rotatable bonds is 2. The Morgan fingerprint density at radius 1 is 1.62 bits per heavy atom. The summed E-state index contributed by atoms with van der Waals surface area (Å²) in [6.45, 7) is 3.37. The van der Waals surface area contributed by atoms with E-state index < -0.39 is 18.0 Å². The SMILES string of the molecule is CC(O)C1C(=O)N2C(C(=O)[O-])=CC(C)C12.[Na+]. The largest absolute Gasteiger partial charge is 1.00 e. The predicted octanol–water partition coefficient (Wildman–Crippen LogP) is -4.52. The van der Waals surface area contributed by atoms with Crippen LogP contribution in [0.1, 0.15) is 13.8 Å². The van der Waals surface area contributed by atoms with Crippen LogP contribution in [0.4, 0.5) is 0 Å². The number of aliphatic hydroxyl groups is 1. The van der Waals surface area contributed by atoms with E-state index in [0.29, 0.717) is 0 Å². The van der Waals surface area contributed by atoms with Crippen LogP contribution < -0.4 is 34.7 Å². The maximum Gasteiger partial charge on any atom is 1.00 e. The zero-order valence-electron chi connectivity index (χ0n) is 9.51. The first-order valence-corrected chi connectivity index (χ1v) is 4.89. The summed E-state index contributed by atoms with van der Waals surface area (Å²) in [6.07, 6.45) is 0.774. The van der Waals surface area contributed by atoms with Crippen molar-refractivity contribution >= 4 is 11.9 Å². The Morgan fingerprint density at radius 2 is 2.19 bits per heavy atom. The minimum absolute atomic E-state index is 0. The Morgan fingerprint density at radius 3 is 2.62 bits per heavy atom. The predicted molar refractivity (Wildman–Crippen MR) is 48.1 cm³/mol. The number of nitrogens with zero attached hydrogens (tertiary/aromatic N) is 1. The van der Waals surface area contributed by atoms with Crippen molar-refractivity contribution in [2.75, 3.05) is 0 Å². The van der Waals surface area contributed by atoms with Gasteiger partial charge in [-0.2, -0.15) is 0 Å². The number of amides is 1. The minimum atomic E-state index is -1.33. The Labute approximate surface area is 115 Å². The van der Waals surface area contributed by atoms with E-state index >= 15 is 0 Å². The molecule has 16 heavy (non-hydrogen) atoms. The molecule has 0 aromatic carbocycles. The molecule has 4 atom stereocenters. The maximum atomic E-state index is 11.6. The van der Waals surface area contributed by atoms with E-state index in [4.69, 9.17) is 0 Å². The molecule has 4 unspecified atom stereocenters. The van der Waals surface area contributed by atoms with E-state index in [-0.39, 0.29) is 53.1 Å². The van der Waals surface area contributed by atoms with Crippen LogP contribution >= 0.6 is 0 Å². The van der Waals surface area contributed by atoms with Gasteiger partial charge in [0.05, 0.1) is 29.7 Å². The van der Waals surface area contributed by atoms with Gasteiger partial charge in [-0.25, -0.2) is 0 Å². The fourth-order valence-corrected chi connectivity index (χ4v) is 2.46. The van der Waals surface area contributed by atoms with Crippen LogP contribution in [0, 0.1) is 11.8 Å². The van der Waals surface area contributed by atoms with Crippen molar-refractivity contribution in [2.45, 2.75) is 26.0 Å². The molecule has 6 heteroatoms. The van der Waals surface area contributed by atoms with Gasteiger partial charge in [0.1, 0.15) is 0 Å². The summed E-state index contributed by atoms with van der Waals surface area (Å²) < 4.78 is 0. The van der Waals surface area contributed by atoms with Crippen molar-refractivity contribution in [2.24, 2.45) is 11.8 Å². The molecule has 5 nitrogen and oxygen atoms in total. The molecule has 0 saturated carbocycles. The van der Waals surface area contributed by atoms with Crippen LogP contribution in [-0.4, -0.2) is 34.0 Å². The van der Waals surface area contributed by atoms with Gasteiger partial charge in [-0.15, -0.1) is 0 Å². The average Bonchev–Trinajstić information content (AvgIpc) is 2.38. The number of fused-ring (bicyclic) bond motifs is 1. The molecular weight excluding hydrogens is 221 g/mol. The van der Waals surface area contributed by atoms with Crippen LogP contribution in [0.5, 0.6) is 0 Å². The van der Waals surface area contributed by atoms with Crippen molar-refractivity contribution in [1.29, 1.82) is 0 Å². The molecule has 0 aliphatic carbocycles. The first-order chi connectivity index (χ1) is 6.95. The van der Waals surface area contributed by atoms with Crippen LogP contribution in [0.3, 0.4) is 0 Å². The molecule has 2 aliphatic heterocycles. The second-order valence-corrected chi connectivity index (χ2v) is 4.16. The van der Waals surface area contributed by atoms with Crippen molar-refractivity contribution in [1.82, 2.24) is 4.90 Å². The number of aliphatic carboxylic acids is 1. The van der Waals surface area contributed by atoms with E-state index in [1.165, 1.54) is 11.0 Å². The number of β-lactam (4-membered cyclic amide) rings is 1. The standard InChI is InChI=1S/C10H13NO4.Na/c1-4-3-6(10(14)15)11-8(4)7(5(2)12)9(11)13;/h3-5,7-8,12H,1-2H3,(H,14,15);/q;+1/p-1. The van der Waals surface area contributed by atoms with E-state index in [9.17, 15) is 19.8 Å². The number of carbonyl (C=O) groups excluding carboxylic acids is 2. The van der Waals surface area contributed by atoms with Crippen molar-refractivity contribution in [3.05, 3.63) is 11.8 Å². The zero-order valence-corrected chi connectivity index (χ0v) is 11.5. The molecular formula is C10H12NNaO4.